The number of carbonyl (C=O) groups is 3. The van der Waals surface area contributed by atoms with Crippen LogP contribution in [0.1, 0.15) is 62.0 Å². The Bertz CT molecular complexity index is 1120. The van der Waals surface area contributed by atoms with Crippen LogP contribution in [-0.4, -0.2) is 53.1 Å². The molecule has 1 fully saturated rings. The van der Waals surface area contributed by atoms with Crippen molar-refractivity contribution in [1.82, 2.24) is 20.7 Å². The van der Waals surface area contributed by atoms with Crippen molar-refractivity contribution >= 4 is 17.8 Å². The van der Waals surface area contributed by atoms with E-state index in [9.17, 15) is 36.3 Å². The summed E-state index contributed by atoms with van der Waals surface area (Å²) in [6.07, 6.45) is -2.76. The summed E-state index contributed by atoms with van der Waals surface area (Å²) in [6, 6.07) is 2.30. The molecule has 4 atom stereocenters. The van der Waals surface area contributed by atoms with Gasteiger partial charge in [-0.15, -0.1) is 0 Å². The highest BCUT2D eigenvalue weighted by Crippen LogP contribution is 2.34. The topological polar surface area (TPSA) is 81.8 Å². The van der Waals surface area contributed by atoms with Crippen molar-refractivity contribution in [3.05, 3.63) is 58.7 Å². The van der Waals surface area contributed by atoms with E-state index in [-0.39, 0.29) is 29.1 Å². The van der Waals surface area contributed by atoms with Crippen molar-refractivity contribution in [3.8, 4) is 0 Å². The van der Waals surface area contributed by atoms with Gasteiger partial charge in [-0.1, -0.05) is 12.1 Å². The maximum absolute atomic E-state index is 14.9. The summed E-state index contributed by atoms with van der Waals surface area (Å²) in [7, 11) is 1.14. The summed E-state index contributed by atoms with van der Waals surface area (Å²) >= 11 is 0. The van der Waals surface area contributed by atoms with Crippen LogP contribution in [0.15, 0.2) is 41.8 Å². The number of allylic oxidation sites excluding steroid dienone is 3. The van der Waals surface area contributed by atoms with Crippen molar-refractivity contribution in [3.63, 3.8) is 0 Å². The number of hydrogen-bond donors (Lipinski definition) is 2. The highest BCUT2D eigenvalue weighted by molar-refractivity contribution is 5.95. The van der Waals surface area contributed by atoms with Crippen molar-refractivity contribution in [2.24, 2.45) is 5.92 Å². The van der Waals surface area contributed by atoms with Crippen molar-refractivity contribution in [1.29, 1.82) is 0 Å². The zero-order chi connectivity index (χ0) is 27.7. The third-order valence-corrected chi connectivity index (χ3v) is 6.59. The average Bonchev–Trinajstić information content (AvgIpc) is 3.14. The molecule has 1 saturated heterocycles. The molecule has 0 spiro atoms. The fourth-order valence-electron chi connectivity index (χ4n) is 4.52. The molecule has 2 N–H and O–H groups in total. The quantitative estimate of drug-likeness (QED) is 0.430. The number of alkyl halides is 3. The lowest BCUT2D eigenvalue weighted by molar-refractivity contribution is -0.127. The Kier molecular flexibility index (Phi) is 8.28. The monoisotopic (exact) mass is 528 g/mol. The Hall–Kier alpha value is -3.44. The van der Waals surface area contributed by atoms with Gasteiger partial charge in [-0.05, 0) is 51.8 Å². The normalized spacial score (nSPS) is 22.6. The number of urea groups is 1. The first-order chi connectivity index (χ1) is 17.2. The Balaban J connectivity index is 1.62. The van der Waals surface area contributed by atoms with E-state index < -0.39 is 53.7 Å². The Morgan fingerprint density at radius 2 is 1.73 bits per heavy atom. The Labute approximate surface area is 211 Å². The maximum atomic E-state index is 14.9. The third kappa shape index (κ3) is 6.47. The number of amides is 4. The number of halogens is 5. The number of nitrogens with zero attached hydrogens (tertiary/aromatic N) is 2. The predicted molar refractivity (Wildman–Crippen MR) is 125 cm³/mol. The molecule has 3 unspecified atom stereocenters. The van der Waals surface area contributed by atoms with E-state index in [1.807, 2.05) is 13.8 Å². The fourth-order valence-corrected chi connectivity index (χ4v) is 4.52. The van der Waals surface area contributed by atoms with E-state index in [0.717, 1.165) is 26.0 Å². The standard InChI is InChI=1S/C25H29F5N4O3/c1-13-5-6-14(2)34(13)23(36)16-7-8-20(21(27)11-16)15(3)31-24(37)33(4)32-22(35)17-9-18(25(28,29)30)12-19(26)10-17/h7-9,11-15,17H,5-6,10H2,1-4H3,(H,31,37)(H,32,35)/t13?,14?,15-,17?/m1/s1. The van der Waals surface area contributed by atoms with Gasteiger partial charge >= 0.3 is 12.2 Å². The molecule has 0 bridgehead atoms. The highest BCUT2D eigenvalue weighted by Gasteiger charge is 2.37. The van der Waals surface area contributed by atoms with E-state index in [0.29, 0.717) is 17.2 Å². The zero-order valence-corrected chi connectivity index (χ0v) is 20.8. The SMILES string of the molecule is CC1CCC(C)N1C(=O)c1ccc([C@@H](C)NC(=O)N(C)NC(=O)C2C=C(C(F)(F)F)C=C(F)C2)c(F)c1. The van der Waals surface area contributed by atoms with E-state index in [4.69, 9.17) is 0 Å². The lowest BCUT2D eigenvalue weighted by Gasteiger charge is -2.27. The van der Waals surface area contributed by atoms with Gasteiger partial charge < -0.3 is 10.2 Å². The molecular weight excluding hydrogens is 499 g/mol. The van der Waals surface area contributed by atoms with Gasteiger partial charge in [0, 0.05) is 36.7 Å². The number of nitrogens with one attached hydrogen (secondary N) is 2. The van der Waals surface area contributed by atoms with Gasteiger partial charge in [0.25, 0.3) is 5.91 Å². The van der Waals surface area contributed by atoms with E-state index in [1.54, 1.807) is 4.90 Å². The summed E-state index contributed by atoms with van der Waals surface area (Å²) in [5.41, 5.74) is 1.09. The molecule has 37 heavy (non-hydrogen) atoms. The number of likely N-dealkylation sites (tertiary alicyclic amines) is 1. The lowest BCUT2D eigenvalue weighted by Crippen LogP contribution is -2.50. The number of benzene rings is 1. The summed E-state index contributed by atoms with van der Waals surface area (Å²) < 4.78 is 67.3. The Morgan fingerprint density at radius 1 is 1.11 bits per heavy atom. The van der Waals surface area contributed by atoms with Gasteiger partial charge in [0.15, 0.2) is 0 Å². The molecule has 7 nitrogen and oxygen atoms in total. The van der Waals surface area contributed by atoms with E-state index >= 15 is 0 Å². The van der Waals surface area contributed by atoms with Gasteiger partial charge in [-0.25, -0.2) is 18.6 Å². The molecule has 1 aliphatic heterocycles. The average molecular weight is 529 g/mol. The molecule has 0 radical (unpaired) electrons. The van der Waals surface area contributed by atoms with Crippen LogP contribution in [0.4, 0.5) is 26.7 Å². The molecule has 3 rings (SSSR count). The molecule has 1 aromatic rings. The molecule has 12 heteroatoms. The second-order valence-corrected chi connectivity index (χ2v) is 9.45. The number of rotatable bonds is 4. The van der Waals surface area contributed by atoms with Crippen LogP contribution < -0.4 is 10.7 Å². The number of carbonyl (C=O) groups excluding carboxylic acids is 3. The molecule has 2 aliphatic rings. The van der Waals surface area contributed by atoms with Crippen LogP contribution in [0.2, 0.25) is 0 Å². The second kappa shape index (κ2) is 10.9. The van der Waals surface area contributed by atoms with Crippen LogP contribution >= 0.6 is 0 Å². The van der Waals surface area contributed by atoms with Gasteiger partial charge in [-0.3, -0.25) is 15.0 Å². The fraction of sp³-hybridized carbons (Fsp3) is 0.480. The van der Waals surface area contributed by atoms with Gasteiger partial charge in [-0.2, -0.15) is 13.2 Å². The number of hydrazine groups is 1. The smallest absolute Gasteiger partial charge is 0.333 e. The minimum Gasteiger partial charge on any atom is -0.333 e. The third-order valence-electron chi connectivity index (χ3n) is 6.59. The predicted octanol–water partition coefficient (Wildman–Crippen LogP) is 4.93. The van der Waals surface area contributed by atoms with Crippen molar-refractivity contribution in [2.75, 3.05) is 7.05 Å². The molecule has 0 saturated carbocycles. The second-order valence-electron chi connectivity index (χ2n) is 9.45. The number of hydrogen-bond acceptors (Lipinski definition) is 3. The molecule has 4 amide bonds. The highest BCUT2D eigenvalue weighted by atomic mass is 19.4. The largest absolute Gasteiger partial charge is 0.416 e. The van der Waals surface area contributed by atoms with Crippen molar-refractivity contribution in [2.45, 2.75) is 64.3 Å². The molecule has 0 aromatic heterocycles. The minimum atomic E-state index is -4.83. The van der Waals surface area contributed by atoms with Gasteiger partial charge in [0.05, 0.1) is 17.5 Å². The molecule has 1 aliphatic carbocycles. The molecule has 202 valence electrons. The first-order valence-electron chi connectivity index (χ1n) is 11.8. The van der Waals surface area contributed by atoms with Crippen LogP contribution in [0, 0.1) is 11.7 Å². The first kappa shape index (κ1) is 28.1. The Morgan fingerprint density at radius 3 is 2.30 bits per heavy atom. The van der Waals surface area contributed by atoms with Crippen molar-refractivity contribution < 1.29 is 36.3 Å². The lowest BCUT2D eigenvalue weighted by atomic mass is 9.94. The van der Waals surface area contributed by atoms with Crippen LogP contribution in [0.25, 0.3) is 0 Å². The zero-order valence-electron chi connectivity index (χ0n) is 20.8. The van der Waals surface area contributed by atoms with Crippen LogP contribution in [0.5, 0.6) is 0 Å². The molecule has 1 aromatic carbocycles. The van der Waals surface area contributed by atoms with E-state index in [1.165, 1.54) is 19.1 Å². The summed E-state index contributed by atoms with van der Waals surface area (Å²) in [6.45, 7) is 5.36. The molecular formula is C25H29F5N4O3. The first-order valence-corrected chi connectivity index (χ1v) is 11.8. The molecule has 1 heterocycles. The van der Waals surface area contributed by atoms with E-state index in [2.05, 4.69) is 10.7 Å². The van der Waals surface area contributed by atoms with Crippen LogP contribution in [0.3, 0.4) is 0 Å². The van der Waals surface area contributed by atoms with Gasteiger partial charge in [0.2, 0.25) is 5.91 Å². The summed E-state index contributed by atoms with van der Waals surface area (Å²) in [4.78, 5) is 39.4. The van der Waals surface area contributed by atoms with Gasteiger partial charge in [0.1, 0.15) is 11.6 Å². The minimum absolute atomic E-state index is 0.0471. The van der Waals surface area contributed by atoms with Crippen LogP contribution in [-0.2, 0) is 4.79 Å². The summed E-state index contributed by atoms with van der Waals surface area (Å²) in [5, 5.41) is 3.14. The maximum Gasteiger partial charge on any atom is 0.416 e. The summed E-state index contributed by atoms with van der Waals surface area (Å²) in [5.74, 6) is -4.59.